The minimum atomic E-state index is -2.45. The Labute approximate surface area is 239 Å². The molecule has 0 radical (unpaired) electrons. The summed E-state index contributed by atoms with van der Waals surface area (Å²) in [7, 11) is -3.48. The van der Waals surface area contributed by atoms with Crippen LogP contribution in [0.3, 0.4) is 0 Å². The average molecular weight is 630 g/mol. The van der Waals surface area contributed by atoms with Crippen LogP contribution in [0.5, 0.6) is 0 Å². The molecule has 0 saturated carbocycles. The molecule has 0 aromatic heterocycles. The quantitative estimate of drug-likeness (QED) is 0.165. The van der Waals surface area contributed by atoms with Crippen LogP contribution in [0.2, 0.25) is 0 Å². The van der Waals surface area contributed by atoms with Gasteiger partial charge in [0.25, 0.3) is 0 Å². The maximum atomic E-state index is 11.7. The largest absolute Gasteiger partial charge is 1.00 e. The van der Waals surface area contributed by atoms with Gasteiger partial charge in [-0.25, -0.2) is 0 Å². The molecular formula is C33H29IOP2. The number of halogens is 1. The number of aliphatic hydroxyl groups excluding tert-OH is 1. The van der Waals surface area contributed by atoms with Gasteiger partial charge in [0, 0.05) is 7.92 Å². The van der Waals surface area contributed by atoms with Crippen LogP contribution in [0.25, 0.3) is 0 Å². The standard InChI is InChI=1S/C33H28OP2.HI/c1-27(34)33(35(28-17-7-2-8-18-28)29-19-9-3-10-20-29)36(30-21-11-4-12-22-30,31-23-13-5-14-24-31)32-25-15-6-16-26-32;/h2-26H,1H3;1H/b33-27-;. The molecule has 5 aromatic rings. The molecule has 0 fully saturated rings. The predicted molar refractivity (Wildman–Crippen MR) is 160 cm³/mol. The fourth-order valence-corrected chi connectivity index (χ4v) is 13.8. The third-order valence-electron chi connectivity index (χ3n) is 6.31. The van der Waals surface area contributed by atoms with Gasteiger partial charge in [0.05, 0.1) is 0 Å². The van der Waals surface area contributed by atoms with Gasteiger partial charge in [0.1, 0.15) is 28.9 Å². The van der Waals surface area contributed by atoms with Crippen LogP contribution >= 0.6 is 15.2 Å². The molecule has 0 aliphatic rings. The molecule has 0 aliphatic carbocycles. The van der Waals surface area contributed by atoms with E-state index in [4.69, 9.17) is 0 Å². The van der Waals surface area contributed by atoms with Gasteiger partial charge >= 0.3 is 0 Å². The van der Waals surface area contributed by atoms with Crippen LogP contribution in [-0.2, 0) is 0 Å². The van der Waals surface area contributed by atoms with Crippen molar-refractivity contribution in [2.45, 2.75) is 6.92 Å². The molecule has 5 rings (SSSR count). The smallest absolute Gasteiger partial charge is 0.154 e. The SMILES string of the molecule is C/C(O)=C(\P(c1ccccc1)c1ccccc1)[P+](c1ccccc1)(c1ccccc1)c1ccccc1.[I-]. The minimum Gasteiger partial charge on any atom is -1.00 e. The maximum absolute atomic E-state index is 11.7. The van der Waals surface area contributed by atoms with Crippen LogP contribution in [0.1, 0.15) is 6.92 Å². The highest BCUT2D eigenvalue weighted by molar-refractivity contribution is 8.08. The first kappa shape index (κ1) is 27.3. The summed E-state index contributed by atoms with van der Waals surface area (Å²) in [4.78, 5) is 0. The van der Waals surface area contributed by atoms with E-state index in [-0.39, 0.29) is 24.0 Å². The average Bonchev–Trinajstić information content (AvgIpc) is 2.95. The minimum absolute atomic E-state index is 0. The lowest BCUT2D eigenvalue weighted by Gasteiger charge is -2.34. The zero-order chi connectivity index (χ0) is 24.8. The summed E-state index contributed by atoms with van der Waals surface area (Å²) in [6, 6.07) is 53.7. The lowest BCUT2D eigenvalue weighted by Crippen LogP contribution is -3.00. The van der Waals surface area contributed by atoms with Crippen molar-refractivity contribution in [1.29, 1.82) is 0 Å². The fraction of sp³-hybridized carbons (Fsp3) is 0.0303. The molecule has 0 spiro atoms. The second-order valence-corrected chi connectivity index (χ2v) is 14.4. The van der Waals surface area contributed by atoms with Crippen molar-refractivity contribution in [3.8, 4) is 0 Å². The van der Waals surface area contributed by atoms with Gasteiger partial charge < -0.3 is 29.1 Å². The first-order valence-corrected chi connectivity index (χ1v) is 15.2. The summed E-state index contributed by atoms with van der Waals surface area (Å²) in [5.41, 5.74) is 0. The van der Waals surface area contributed by atoms with Crippen molar-refractivity contribution in [2.75, 3.05) is 0 Å². The van der Waals surface area contributed by atoms with Crippen molar-refractivity contribution >= 4 is 41.7 Å². The summed E-state index contributed by atoms with van der Waals surface area (Å²) in [5.74, 6) is 0.402. The molecule has 0 unspecified atom stereocenters. The third kappa shape index (κ3) is 5.43. The molecule has 37 heavy (non-hydrogen) atoms. The number of aliphatic hydroxyl groups is 1. The lowest BCUT2D eigenvalue weighted by molar-refractivity contribution is -0.00000814. The van der Waals surface area contributed by atoms with Gasteiger partial charge in [0.2, 0.25) is 0 Å². The van der Waals surface area contributed by atoms with E-state index in [1.807, 2.05) is 6.92 Å². The number of allylic oxidation sites excluding steroid dienone is 1. The fourth-order valence-electron chi connectivity index (χ4n) is 4.87. The molecule has 0 atom stereocenters. The van der Waals surface area contributed by atoms with Crippen molar-refractivity contribution in [3.05, 3.63) is 162 Å². The predicted octanol–water partition coefficient (Wildman–Crippen LogP) is 3.86. The monoisotopic (exact) mass is 630 g/mol. The van der Waals surface area contributed by atoms with Gasteiger partial charge in [-0.3, -0.25) is 0 Å². The van der Waals surface area contributed by atoms with Gasteiger partial charge in [-0.1, -0.05) is 115 Å². The first-order chi connectivity index (χ1) is 17.7. The lowest BCUT2D eigenvalue weighted by atomic mass is 10.4. The van der Waals surface area contributed by atoms with Crippen LogP contribution in [0, 0.1) is 0 Å². The summed E-state index contributed by atoms with van der Waals surface area (Å²) >= 11 is 0. The molecule has 1 N–H and O–H groups in total. The van der Waals surface area contributed by atoms with Crippen molar-refractivity contribution in [1.82, 2.24) is 0 Å². The molecule has 0 aliphatic heterocycles. The molecule has 1 nitrogen and oxygen atoms in total. The molecular weight excluding hydrogens is 601 g/mol. The van der Waals surface area contributed by atoms with Crippen molar-refractivity contribution < 1.29 is 29.1 Å². The van der Waals surface area contributed by atoms with Crippen molar-refractivity contribution in [3.63, 3.8) is 0 Å². The Morgan fingerprint density at radius 3 is 1.03 bits per heavy atom. The van der Waals surface area contributed by atoms with E-state index in [0.717, 1.165) is 5.06 Å². The Kier molecular flexibility index (Phi) is 9.33. The second kappa shape index (κ2) is 12.7. The van der Waals surface area contributed by atoms with E-state index < -0.39 is 15.2 Å². The highest BCUT2D eigenvalue weighted by atomic mass is 127. The number of hydrogen-bond acceptors (Lipinski definition) is 1. The Morgan fingerprint density at radius 1 is 0.486 bits per heavy atom. The summed E-state index contributed by atoms with van der Waals surface area (Å²) < 4.78 is 0. The number of rotatable bonds is 7. The Balaban J connectivity index is 0.00000320. The van der Waals surface area contributed by atoms with Crippen LogP contribution < -0.4 is 50.5 Å². The zero-order valence-corrected chi connectivity index (χ0v) is 24.6. The van der Waals surface area contributed by atoms with E-state index in [1.165, 1.54) is 26.5 Å². The van der Waals surface area contributed by atoms with E-state index in [9.17, 15) is 5.11 Å². The van der Waals surface area contributed by atoms with E-state index in [2.05, 4.69) is 152 Å². The Bertz CT molecular complexity index is 1280. The Hall–Kier alpha value is -2.77. The van der Waals surface area contributed by atoms with Gasteiger partial charge in [0.15, 0.2) is 5.06 Å². The molecule has 5 aromatic carbocycles. The Morgan fingerprint density at radius 2 is 0.757 bits per heavy atom. The normalized spacial score (nSPS) is 11.9. The van der Waals surface area contributed by atoms with Crippen LogP contribution in [0.4, 0.5) is 0 Å². The topological polar surface area (TPSA) is 20.2 Å². The number of hydrogen-bond donors (Lipinski definition) is 1. The van der Waals surface area contributed by atoms with Gasteiger partial charge in [-0.15, -0.1) is 0 Å². The van der Waals surface area contributed by atoms with E-state index in [0.29, 0.717) is 5.76 Å². The highest BCUT2D eigenvalue weighted by Crippen LogP contribution is 2.73. The zero-order valence-electron chi connectivity index (χ0n) is 20.7. The highest BCUT2D eigenvalue weighted by Gasteiger charge is 2.54. The van der Waals surface area contributed by atoms with Crippen LogP contribution in [-0.4, -0.2) is 5.11 Å². The van der Waals surface area contributed by atoms with Gasteiger partial charge in [-0.2, -0.15) is 0 Å². The van der Waals surface area contributed by atoms with E-state index >= 15 is 0 Å². The molecule has 0 bridgehead atoms. The third-order valence-corrected chi connectivity index (χ3v) is 14.4. The van der Waals surface area contributed by atoms with Crippen LogP contribution in [0.15, 0.2) is 162 Å². The van der Waals surface area contributed by atoms with Gasteiger partial charge in [-0.05, 0) is 53.9 Å². The summed E-state index contributed by atoms with van der Waals surface area (Å²) in [6.45, 7) is 1.88. The molecule has 184 valence electrons. The van der Waals surface area contributed by atoms with Crippen molar-refractivity contribution in [2.24, 2.45) is 0 Å². The second-order valence-electron chi connectivity index (χ2n) is 8.59. The number of benzene rings is 5. The molecule has 0 heterocycles. The van der Waals surface area contributed by atoms with E-state index in [1.54, 1.807) is 0 Å². The maximum Gasteiger partial charge on any atom is 0.154 e. The first-order valence-electron chi connectivity index (χ1n) is 12.1. The summed E-state index contributed by atoms with van der Waals surface area (Å²) in [6.07, 6.45) is 0. The molecule has 4 heteroatoms. The molecule has 0 amide bonds. The summed E-state index contributed by atoms with van der Waals surface area (Å²) in [5, 5.41) is 19.1. The molecule has 0 saturated heterocycles.